The topological polar surface area (TPSA) is 80.6 Å². The fourth-order valence-corrected chi connectivity index (χ4v) is 3.68. The Morgan fingerprint density at radius 3 is 2.83 bits per heavy atom. The third kappa shape index (κ3) is 2.87. The van der Waals surface area contributed by atoms with Crippen molar-refractivity contribution in [1.82, 2.24) is 10.6 Å². The van der Waals surface area contributed by atoms with E-state index in [9.17, 15) is 9.59 Å². The van der Waals surface area contributed by atoms with Crippen molar-refractivity contribution in [3.8, 4) is 0 Å². The van der Waals surface area contributed by atoms with Crippen molar-refractivity contribution >= 4 is 11.8 Å². The number of carbonyl (C=O) groups is 2. The molecule has 0 aromatic carbocycles. The van der Waals surface area contributed by atoms with Crippen molar-refractivity contribution in [3.63, 3.8) is 0 Å². The van der Waals surface area contributed by atoms with E-state index in [0.717, 1.165) is 19.3 Å². The highest BCUT2D eigenvalue weighted by molar-refractivity contribution is 5.97. The minimum absolute atomic E-state index is 0.125. The molecule has 1 heterocycles. The van der Waals surface area contributed by atoms with Gasteiger partial charge in [0.15, 0.2) is 0 Å². The number of hydrogen-bond acceptors (Lipinski definition) is 4. The van der Waals surface area contributed by atoms with Crippen LogP contribution in [-0.2, 0) is 9.53 Å². The molecule has 1 spiro atoms. The molecule has 1 aromatic heterocycles. The maximum atomic E-state index is 12.4. The standard InChI is InChI=1S/C17H24N2O4/c1-3-23-14-9-13(17(14)6-4-7-17)19-15(20)11(2)18-16(21)12-5-8-22-10-12/h5,8,10-11,13-14H,3-4,6-7,9H2,1-2H3,(H,18,21)(H,19,20)/t11-,13-,14-/m1/s1. The summed E-state index contributed by atoms with van der Waals surface area (Å²) in [7, 11) is 0. The van der Waals surface area contributed by atoms with Gasteiger partial charge in [0.25, 0.3) is 5.91 Å². The molecule has 0 unspecified atom stereocenters. The normalized spacial score (nSPS) is 26.0. The zero-order valence-electron chi connectivity index (χ0n) is 13.6. The molecular formula is C17H24N2O4. The summed E-state index contributed by atoms with van der Waals surface area (Å²) in [5.74, 6) is -0.450. The summed E-state index contributed by atoms with van der Waals surface area (Å²) in [5.41, 5.74) is 0.542. The average molecular weight is 320 g/mol. The van der Waals surface area contributed by atoms with Crippen molar-refractivity contribution in [1.29, 1.82) is 0 Å². The first kappa shape index (κ1) is 16.1. The summed E-state index contributed by atoms with van der Waals surface area (Å²) in [5, 5.41) is 5.78. The van der Waals surface area contributed by atoms with E-state index in [2.05, 4.69) is 10.6 Å². The van der Waals surface area contributed by atoms with Gasteiger partial charge in [0, 0.05) is 18.1 Å². The van der Waals surface area contributed by atoms with Crippen molar-refractivity contribution in [3.05, 3.63) is 24.2 Å². The van der Waals surface area contributed by atoms with Crippen LogP contribution < -0.4 is 10.6 Å². The van der Waals surface area contributed by atoms with Crippen LogP contribution in [0, 0.1) is 5.41 Å². The van der Waals surface area contributed by atoms with Crippen LogP contribution in [0.15, 0.2) is 23.0 Å². The second-order valence-electron chi connectivity index (χ2n) is 6.53. The zero-order chi connectivity index (χ0) is 16.4. The smallest absolute Gasteiger partial charge is 0.255 e. The Kier molecular flexibility index (Phi) is 4.43. The Morgan fingerprint density at radius 2 is 2.26 bits per heavy atom. The van der Waals surface area contributed by atoms with Gasteiger partial charge in [-0.3, -0.25) is 9.59 Å². The minimum Gasteiger partial charge on any atom is -0.472 e. The van der Waals surface area contributed by atoms with Crippen molar-refractivity contribution < 1.29 is 18.7 Å². The second kappa shape index (κ2) is 6.35. The summed E-state index contributed by atoms with van der Waals surface area (Å²) in [6.45, 7) is 4.41. The monoisotopic (exact) mass is 320 g/mol. The number of nitrogens with one attached hydrogen (secondary N) is 2. The quantitative estimate of drug-likeness (QED) is 0.838. The van der Waals surface area contributed by atoms with Gasteiger partial charge in [-0.25, -0.2) is 0 Å². The van der Waals surface area contributed by atoms with Crippen LogP contribution in [0.2, 0.25) is 0 Å². The van der Waals surface area contributed by atoms with Crippen LogP contribution in [0.3, 0.4) is 0 Å². The van der Waals surface area contributed by atoms with Crippen LogP contribution in [-0.4, -0.2) is 36.6 Å². The molecular weight excluding hydrogens is 296 g/mol. The summed E-state index contributed by atoms with van der Waals surface area (Å²) >= 11 is 0. The molecule has 2 fully saturated rings. The predicted molar refractivity (Wildman–Crippen MR) is 83.9 cm³/mol. The van der Waals surface area contributed by atoms with E-state index >= 15 is 0 Å². The SMILES string of the molecule is CCO[C@@H]1C[C@@H](NC(=O)[C@@H](C)NC(=O)c2ccoc2)C12CCC2. The number of amides is 2. The van der Waals surface area contributed by atoms with Gasteiger partial charge in [-0.15, -0.1) is 0 Å². The second-order valence-corrected chi connectivity index (χ2v) is 6.53. The Balaban J connectivity index is 1.52. The molecule has 1 aromatic rings. The molecule has 0 saturated heterocycles. The number of carbonyl (C=O) groups excluding carboxylic acids is 2. The molecule has 0 aliphatic heterocycles. The first-order chi connectivity index (χ1) is 11.1. The Labute approximate surface area is 135 Å². The van der Waals surface area contributed by atoms with Gasteiger partial charge >= 0.3 is 0 Å². The summed E-state index contributed by atoms with van der Waals surface area (Å²) in [6, 6.07) is 1.15. The molecule has 126 valence electrons. The summed E-state index contributed by atoms with van der Waals surface area (Å²) < 4.78 is 10.7. The molecule has 2 aliphatic carbocycles. The zero-order valence-corrected chi connectivity index (χ0v) is 13.6. The Morgan fingerprint density at radius 1 is 1.48 bits per heavy atom. The summed E-state index contributed by atoms with van der Waals surface area (Å²) in [4.78, 5) is 24.3. The van der Waals surface area contributed by atoms with Crippen molar-refractivity contribution in [2.45, 2.75) is 57.7 Å². The lowest BCUT2D eigenvalue weighted by molar-refractivity contribution is -0.176. The first-order valence-corrected chi connectivity index (χ1v) is 8.32. The number of rotatable bonds is 6. The highest BCUT2D eigenvalue weighted by Gasteiger charge is 2.59. The van der Waals surface area contributed by atoms with E-state index in [4.69, 9.17) is 9.15 Å². The molecule has 6 nitrogen and oxygen atoms in total. The van der Waals surface area contributed by atoms with Crippen molar-refractivity contribution in [2.24, 2.45) is 5.41 Å². The number of hydrogen-bond donors (Lipinski definition) is 2. The van der Waals surface area contributed by atoms with E-state index in [1.807, 2.05) is 6.92 Å². The number of ether oxygens (including phenoxy) is 1. The lowest BCUT2D eigenvalue weighted by Gasteiger charge is -2.61. The molecule has 23 heavy (non-hydrogen) atoms. The van der Waals surface area contributed by atoms with E-state index in [1.54, 1.807) is 13.0 Å². The predicted octanol–water partition coefficient (Wildman–Crippen LogP) is 1.86. The average Bonchev–Trinajstić information content (AvgIpc) is 2.98. The fraction of sp³-hybridized carbons (Fsp3) is 0.647. The lowest BCUT2D eigenvalue weighted by Crippen LogP contribution is -2.68. The molecule has 3 rings (SSSR count). The van der Waals surface area contributed by atoms with Crippen molar-refractivity contribution in [2.75, 3.05) is 6.61 Å². The van der Waals surface area contributed by atoms with Gasteiger partial charge in [-0.05, 0) is 39.2 Å². The van der Waals surface area contributed by atoms with Gasteiger partial charge in [0.2, 0.25) is 5.91 Å². The Hall–Kier alpha value is -1.82. The van der Waals surface area contributed by atoms with E-state index in [0.29, 0.717) is 12.2 Å². The fourth-order valence-electron chi connectivity index (χ4n) is 3.68. The van der Waals surface area contributed by atoms with Crippen LogP contribution in [0.1, 0.15) is 49.9 Å². The summed E-state index contributed by atoms with van der Waals surface area (Å²) in [6.07, 6.45) is 7.34. The largest absolute Gasteiger partial charge is 0.472 e. The molecule has 2 aliphatic rings. The van der Waals surface area contributed by atoms with Gasteiger partial charge in [0.1, 0.15) is 12.3 Å². The van der Waals surface area contributed by atoms with Gasteiger partial charge < -0.3 is 19.8 Å². The van der Waals surface area contributed by atoms with Gasteiger partial charge in [-0.1, -0.05) is 6.42 Å². The highest BCUT2D eigenvalue weighted by Crippen LogP contribution is 2.57. The lowest BCUT2D eigenvalue weighted by atomic mass is 9.51. The maximum absolute atomic E-state index is 12.4. The van der Waals surface area contributed by atoms with Crippen LogP contribution in [0.25, 0.3) is 0 Å². The minimum atomic E-state index is -0.583. The molecule has 0 bridgehead atoms. The molecule has 2 amide bonds. The van der Waals surface area contributed by atoms with Crippen LogP contribution in [0.5, 0.6) is 0 Å². The van der Waals surface area contributed by atoms with E-state index in [1.165, 1.54) is 18.9 Å². The number of furan rings is 1. The van der Waals surface area contributed by atoms with E-state index in [-0.39, 0.29) is 29.4 Å². The molecule has 2 saturated carbocycles. The van der Waals surface area contributed by atoms with Crippen LogP contribution >= 0.6 is 0 Å². The molecule has 3 atom stereocenters. The Bertz CT molecular complexity index is 565. The third-order valence-electron chi connectivity index (χ3n) is 5.28. The van der Waals surface area contributed by atoms with E-state index < -0.39 is 6.04 Å². The maximum Gasteiger partial charge on any atom is 0.255 e. The molecule has 6 heteroatoms. The van der Waals surface area contributed by atoms with Crippen LogP contribution in [0.4, 0.5) is 0 Å². The molecule has 0 radical (unpaired) electrons. The third-order valence-corrected chi connectivity index (χ3v) is 5.28. The molecule has 2 N–H and O–H groups in total. The van der Waals surface area contributed by atoms with Gasteiger partial charge in [-0.2, -0.15) is 0 Å². The first-order valence-electron chi connectivity index (χ1n) is 8.32. The highest BCUT2D eigenvalue weighted by atomic mass is 16.5. The van der Waals surface area contributed by atoms with Gasteiger partial charge in [0.05, 0.1) is 17.9 Å².